The van der Waals surface area contributed by atoms with Crippen LogP contribution < -0.4 is 11.3 Å². The Kier molecular flexibility index (Phi) is 2.99. The molecule has 1 aromatic carbocycles. The molecule has 0 bridgehead atoms. The van der Waals surface area contributed by atoms with Crippen LogP contribution in [0, 0.1) is 21.4 Å². The van der Waals surface area contributed by atoms with Gasteiger partial charge in [-0.05, 0) is 6.07 Å². The lowest BCUT2D eigenvalue weighted by molar-refractivity contribution is -0.384. The highest BCUT2D eigenvalue weighted by Crippen LogP contribution is 2.27. The molecule has 0 saturated carbocycles. The van der Waals surface area contributed by atoms with Gasteiger partial charge in [-0.2, -0.15) is 5.26 Å². The van der Waals surface area contributed by atoms with E-state index in [9.17, 15) is 10.1 Å². The Bertz CT molecular complexity index is 397. The molecular weight excluding hydrogens is 184 g/mol. The average molecular weight is 192 g/mol. The number of nitriles is 1. The van der Waals surface area contributed by atoms with Gasteiger partial charge in [-0.3, -0.25) is 16.0 Å². The second-order valence-electron chi connectivity index (χ2n) is 2.55. The van der Waals surface area contributed by atoms with E-state index in [1.807, 2.05) is 6.07 Å². The number of nitrogens with zero attached hydrogens (tertiary/aromatic N) is 2. The standard InChI is InChI=1S/C8H8N4O2/c9-5-4-6-2-1-3-7(11-10)8(6)12(13)14/h1-3,11H,4,10H2. The molecule has 0 aromatic heterocycles. The minimum atomic E-state index is -0.554. The lowest BCUT2D eigenvalue weighted by Gasteiger charge is -2.04. The summed E-state index contributed by atoms with van der Waals surface area (Å²) in [5, 5.41) is 19.1. The van der Waals surface area contributed by atoms with E-state index in [2.05, 4.69) is 5.43 Å². The highest BCUT2D eigenvalue weighted by molar-refractivity contribution is 5.65. The summed E-state index contributed by atoms with van der Waals surface area (Å²) in [6, 6.07) is 6.48. The van der Waals surface area contributed by atoms with Gasteiger partial charge in [-0.25, -0.2) is 0 Å². The van der Waals surface area contributed by atoms with Crippen molar-refractivity contribution in [1.82, 2.24) is 0 Å². The zero-order valence-corrected chi connectivity index (χ0v) is 7.23. The van der Waals surface area contributed by atoms with Gasteiger partial charge in [0.2, 0.25) is 0 Å². The van der Waals surface area contributed by atoms with Crippen LogP contribution in [0.3, 0.4) is 0 Å². The van der Waals surface area contributed by atoms with Gasteiger partial charge < -0.3 is 5.43 Å². The maximum Gasteiger partial charge on any atom is 0.297 e. The summed E-state index contributed by atoms with van der Waals surface area (Å²) in [6.07, 6.45) is -0.00810. The normalized spacial score (nSPS) is 9.14. The number of hydrogen-bond donors (Lipinski definition) is 2. The molecule has 72 valence electrons. The molecule has 0 spiro atoms. The number of nitro groups is 1. The maximum absolute atomic E-state index is 10.7. The summed E-state index contributed by atoms with van der Waals surface area (Å²) < 4.78 is 0. The van der Waals surface area contributed by atoms with E-state index in [4.69, 9.17) is 11.1 Å². The Labute approximate surface area is 80.1 Å². The molecule has 0 heterocycles. The lowest BCUT2D eigenvalue weighted by atomic mass is 10.1. The average Bonchev–Trinajstić information content (AvgIpc) is 2.17. The number of hydrogen-bond acceptors (Lipinski definition) is 5. The van der Waals surface area contributed by atoms with Crippen molar-refractivity contribution in [2.45, 2.75) is 6.42 Å². The quantitative estimate of drug-likeness (QED) is 0.421. The van der Waals surface area contributed by atoms with Gasteiger partial charge in [0.05, 0.1) is 17.4 Å². The predicted molar refractivity (Wildman–Crippen MR) is 50.2 cm³/mol. The van der Waals surface area contributed by atoms with E-state index >= 15 is 0 Å². The van der Waals surface area contributed by atoms with Gasteiger partial charge in [0.15, 0.2) is 0 Å². The molecule has 1 rings (SSSR count). The van der Waals surface area contributed by atoms with Crippen molar-refractivity contribution in [3.05, 3.63) is 33.9 Å². The number of nitrogen functional groups attached to an aromatic ring is 1. The van der Waals surface area contributed by atoms with E-state index in [1.54, 1.807) is 6.07 Å². The van der Waals surface area contributed by atoms with E-state index in [0.717, 1.165) is 0 Å². The minimum absolute atomic E-state index is 0.00810. The van der Waals surface area contributed by atoms with Crippen molar-refractivity contribution in [3.63, 3.8) is 0 Å². The smallest absolute Gasteiger partial charge is 0.297 e. The topological polar surface area (TPSA) is 105 Å². The second kappa shape index (κ2) is 4.20. The Morgan fingerprint density at radius 1 is 1.64 bits per heavy atom. The zero-order chi connectivity index (χ0) is 10.6. The first-order valence-electron chi connectivity index (χ1n) is 3.80. The predicted octanol–water partition coefficient (Wildman–Crippen LogP) is 0.946. The zero-order valence-electron chi connectivity index (χ0n) is 7.23. The molecule has 0 radical (unpaired) electrons. The molecule has 0 fully saturated rings. The molecule has 3 N–H and O–H groups in total. The van der Waals surface area contributed by atoms with Crippen LogP contribution in [0.2, 0.25) is 0 Å². The largest absolute Gasteiger partial charge is 0.318 e. The molecule has 14 heavy (non-hydrogen) atoms. The molecule has 0 aliphatic heterocycles. The van der Waals surface area contributed by atoms with Crippen LogP contribution in [-0.2, 0) is 6.42 Å². The fraction of sp³-hybridized carbons (Fsp3) is 0.125. The van der Waals surface area contributed by atoms with Crippen LogP contribution in [0.5, 0.6) is 0 Å². The monoisotopic (exact) mass is 192 g/mol. The Morgan fingerprint density at radius 3 is 2.86 bits per heavy atom. The number of rotatable bonds is 3. The van der Waals surface area contributed by atoms with E-state index in [1.165, 1.54) is 12.1 Å². The Morgan fingerprint density at radius 2 is 2.36 bits per heavy atom. The van der Waals surface area contributed by atoms with Crippen LogP contribution >= 0.6 is 0 Å². The molecule has 0 atom stereocenters. The first kappa shape index (κ1) is 9.95. The lowest BCUT2D eigenvalue weighted by Crippen LogP contribution is -2.10. The van der Waals surface area contributed by atoms with Crippen LogP contribution in [0.1, 0.15) is 5.56 Å². The van der Waals surface area contributed by atoms with Crippen LogP contribution in [0.4, 0.5) is 11.4 Å². The van der Waals surface area contributed by atoms with Crippen molar-refractivity contribution in [1.29, 1.82) is 5.26 Å². The van der Waals surface area contributed by atoms with E-state index < -0.39 is 4.92 Å². The number of nitrogens with two attached hydrogens (primary N) is 1. The molecule has 0 aliphatic rings. The fourth-order valence-electron chi connectivity index (χ4n) is 1.15. The van der Waals surface area contributed by atoms with Crippen molar-refractivity contribution in [2.75, 3.05) is 5.43 Å². The molecule has 0 unspecified atom stereocenters. The Balaban J connectivity index is 3.29. The number of para-hydroxylation sites is 1. The first-order chi connectivity index (χ1) is 6.70. The SMILES string of the molecule is N#CCc1cccc(NN)c1[N+](=O)[O-]. The molecule has 0 aliphatic carbocycles. The summed E-state index contributed by atoms with van der Waals surface area (Å²) in [4.78, 5) is 10.1. The summed E-state index contributed by atoms with van der Waals surface area (Å²) in [6.45, 7) is 0. The number of hydrazine groups is 1. The van der Waals surface area contributed by atoms with Crippen molar-refractivity contribution >= 4 is 11.4 Å². The highest BCUT2D eigenvalue weighted by Gasteiger charge is 2.18. The summed E-state index contributed by atoms with van der Waals surface area (Å²) in [5.74, 6) is 5.12. The summed E-state index contributed by atoms with van der Waals surface area (Å²) in [7, 11) is 0. The number of benzene rings is 1. The minimum Gasteiger partial charge on any atom is -0.318 e. The maximum atomic E-state index is 10.7. The second-order valence-corrected chi connectivity index (χ2v) is 2.55. The van der Waals surface area contributed by atoms with Crippen molar-refractivity contribution in [2.24, 2.45) is 5.84 Å². The van der Waals surface area contributed by atoms with Gasteiger partial charge in [-0.1, -0.05) is 12.1 Å². The molecular formula is C8H8N4O2. The number of anilines is 1. The van der Waals surface area contributed by atoms with Gasteiger partial charge in [0.1, 0.15) is 5.69 Å². The Hall–Kier alpha value is -2.13. The number of nitrogens with one attached hydrogen (secondary N) is 1. The highest BCUT2D eigenvalue weighted by atomic mass is 16.6. The van der Waals surface area contributed by atoms with Gasteiger partial charge in [-0.15, -0.1) is 0 Å². The molecule has 0 amide bonds. The van der Waals surface area contributed by atoms with Crippen LogP contribution in [0.25, 0.3) is 0 Å². The van der Waals surface area contributed by atoms with Crippen LogP contribution in [-0.4, -0.2) is 4.92 Å². The van der Waals surface area contributed by atoms with Gasteiger partial charge in [0, 0.05) is 5.56 Å². The summed E-state index contributed by atoms with van der Waals surface area (Å²) in [5.41, 5.74) is 2.65. The number of nitro benzene ring substituents is 1. The third kappa shape index (κ3) is 1.78. The molecule has 6 heteroatoms. The fourth-order valence-corrected chi connectivity index (χ4v) is 1.15. The summed E-state index contributed by atoms with van der Waals surface area (Å²) >= 11 is 0. The molecule has 1 aromatic rings. The molecule has 6 nitrogen and oxygen atoms in total. The van der Waals surface area contributed by atoms with Gasteiger partial charge in [0.25, 0.3) is 5.69 Å². The third-order valence-corrected chi connectivity index (χ3v) is 1.73. The van der Waals surface area contributed by atoms with Crippen molar-refractivity contribution < 1.29 is 4.92 Å². The van der Waals surface area contributed by atoms with E-state index in [0.29, 0.717) is 5.56 Å². The molecule has 0 saturated heterocycles. The van der Waals surface area contributed by atoms with Crippen molar-refractivity contribution in [3.8, 4) is 6.07 Å². The van der Waals surface area contributed by atoms with Crippen LogP contribution in [0.15, 0.2) is 18.2 Å². The van der Waals surface area contributed by atoms with Gasteiger partial charge >= 0.3 is 0 Å². The third-order valence-electron chi connectivity index (χ3n) is 1.73. The van der Waals surface area contributed by atoms with E-state index in [-0.39, 0.29) is 17.8 Å². The first-order valence-corrected chi connectivity index (χ1v) is 3.80.